The van der Waals surface area contributed by atoms with Gasteiger partial charge in [-0.2, -0.15) is 9.78 Å². The van der Waals surface area contributed by atoms with E-state index in [2.05, 4.69) is 5.10 Å². The van der Waals surface area contributed by atoms with E-state index in [0.29, 0.717) is 21.8 Å². The van der Waals surface area contributed by atoms with E-state index in [9.17, 15) is 18.3 Å². The van der Waals surface area contributed by atoms with E-state index < -0.39 is 21.2 Å². The van der Waals surface area contributed by atoms with Gasteiger partial charge in [0, 0.05) is 17.0 Å². The molecular formula is C21H22ClN3O5S. The zero-order valence-electron chi connectivity index (χ0n) is 16.9. The fourth-order valence-electron chi connectivity index (χ4n) is 2.80. The third-order valence-electron chi connectivity index (χ3n) is 4.44. The fourth-order valence-corrected chi connectivity index (χ4v) is 3.50. The van der Waals surface area contributed by atoms with Gasteiger partial charge in [-0.1, -0.05) is 29.8 Å². The average molecular weight is 464 g/mol. The van der Waals surface area contributed by atoms with Crippen molar-refractivity contribution in [3.63, 3.8) is 0 Å². The van der Waals surface area contributed by atoms with Crippen molar-refractivity contribution in [2.45, 2.75) is 30.8 Å². The van der Waals surface area contributed by atoms with Crippen molar-refractivity contribution in [1.29, 1.82) is 0 Å². The van der Waals surface area contributed by atoms with E-state index in [0.717, 1.165) is 4.68 Å². The SMILES string of the molecule is CC(C)(O)CCOc1c(-c2ccc(S(N)(=O)=O)cc2)cnn(-c2cccc(Cl)c2)c1=O. The van der Waals surface area contributed by atoms with Gasteiger partial charge < -0.3 is 9.84 Å². The summed E-state index contributed by atoms with van der Waals surface area (Å²) in [5.74, 6) is 0.0163. The first-order valence-electron chi connectivity index (χ1n) is 9.32. The molecule has 1 aromatic heterocycles. The lowest BCUT2D eigenvalue weighted by Gasteiger charge is -2.18. The Bertz CT molecular complexity index is 1250. The molecule has 0 aliphatic heterocycles. The van der Waals surface area contributed by atoms with Crippen LogP contribution in [0.15, 0.2) is 64.4 Å². The zero-order valence-corrected chi connectivity index (χ0v) is 18.5. The summed E-state index contributed by atoms with van der Waals surface area (Å²) in [5.41, 5.74) is -0.142. The minimum atomic E-state index is -3.85. The third kappa shape index (κ3) is 5.71. The van der Waals surface area contributed by atoms with Crippen LogP contribution in [0, 0.1) is 0 Å². The van der Waals surface area contributed by atoms with Gasteiger partial charge in [0.1, 0.15) is 0 Å². The van der Waals surface area contributed by atoms with Crippen molar-refractivity contribution >= 4 is 21.6 Å². The van der Waals surface area contributed by atoms with Gasteiger partial charge in [0.25, 0.3) is 0 Å². The lowest BCUT2D eigenvalue weighted by molar-refractivity contribution is 0.0551. The van der Waals surface area contributed by atoms with Crippen molar-refractivity contribution in [2.75, 3.05) is 6.61 Å². The summed E-state index contributed by atoms with van der Waals surface area (Å²) in [5, 5.41) is 19.8. The number of sulfonamides is 1. The molecule has 0 amide bonds. The number of rotatable bonds is 7. The number of nitrogens with two attached hydrogens (primary N) is 1. The van der Waals surface area contributed by atoms with Gasteiger partial charge in [0.05, 0.1) is 29.0 Å². The first-order valence-corrected chi connectivity index (χ1v) is 11.2. The maximum atomic E-state index is 13.2. The molecule has 3 N–H and O–H groups in total. The second kappa shape index (κ2) is 8.80. The van der Waals surface area contributed by atoms with E-state index in [-0.39, 0.29) is 23.7 Å². The summed E-state index contributed by atoms with van der Waals surface area (Å²) >= 11 is 6.04. The minimum absolute atomic E-state index is 0.0163. The standard InChI is InChI=1S/C21H22ClN3O5S/c1-21(2,27)10-11-30-19-18(14-6-8-17(9-7-14)31(23,28)29)13-24-25(20(19)26)16-5-3-4-15(22)12-16/h3-9,12-13,27H,10-11H2,1-2H3,(H2,23,28,29). The number of hydrogen-bond acceptors (Lipinski definition) is 6. The third-order valence-corrected chi connectivity index (χ3v) is 5.60. The van der Waals surface area contributed by atoms with Gasteiger partial charge in [-0.25, -0.2) is 13.6 Å². The van der Waals surface area contributed by atoms with Crippen molar-refractivity contribution in [1.82, 2.24) is 9.78 Å². The summed E-state index contributed by atoms with van der Waals surface area (Å²) < 4.78 is 30.0. The van der Waals surface area contributed by atoms with Crippen LogP contribution in [0.4, 0.5) is 0 Å². The minimum Gasteiger partial charge on any atom is -0.487 e. The van der Waals surface area contributed by atoms with Gasteiger partial charge in [0.2, 0.25) is 10.0 Å². The number of aliphatic hydroxyl groups is 1. The molecule has 0 spiro atoms. The van der Waals surface area contributed by atoms with Gasteiger partial charge in [-0.3, -0.25) is 4.79 Å². The number of halogens is 1. The lowest BCUT2D eigenvalue weighted by Crippen LogP contribution is -2.26. The Morgan fingerprint density at radius 1 is 1.19 bits per heavy atom. The first kappa shape index (κ1) is 23.0. The van der Waals surface area contributed by atoms with Crippen LogP contribution in [0.2, 0.25) is 5.02 Å². The van der Waals surface area contributed by atoms with Gasteiger partial charge in [0.15, 0.2) is 5.75 Å². The zero-order chi connectivity index (χ0) is 22.8. The monoisotopic (exact) mass is 463 g/mol. The molecule has 0 fully saturated rings. The van der Waals surface area contributed by atoms with Gasteiger partial charge in [-0.05, 0) is 49.7 Å². The second-order valence-electron chi connectivity index (χ2n) is 7.56. The Labute approximate surface area is 184 Å². The number of benzene rings is 2. The molecule has 0 bridgehead atoms. The maximum Gasteiger partial charge on any atom is 0.314 e. The molecule has 10 heteroatoms. The van der Waals surface area contributed by atoms with E-state index in [1.807, 2.05) is 0 Å². The fraction of sp³-hybridized carbons (Fsp3) is 0.238. The van der Waals surface area contributed by atoms with Crippen LogP contribution in [0.25, 0.3) is 16.8 Å². The number of nitrogens with zero attached hydrogens (tertiary/aromatic N) is 2. The van der Waals surface area contributed by atoms with E-state index in [4.69, 9.17) is 21.5 Å². The Morgan fingerprint density at radius 2 is 1.87 bits per heavy atom. The highest BCUT2D eigenvalue weighted by atomic mass is 35.5. The smallest absolute Gasteiger partial charge is 0.314 e. The van der Waals surface area contributed by atoms with Crippen LogP contribution >= 0.6 is 11.6 Å². The average Bonchev–Trinajstić information content (AvgIpc) is 2.67. The van der Waals surface area contributed by atoms with Crippen LogP contribution in [-0.4, -0.2) is 35.5 Å². The molecule has 0 saturated heterocycles. The van der Waals surface area contributed by atoms with Gasteiger partial charge >= 0.3 is 5.56 Å². The molecule has 3 rings (SSSR count). The summed E-state index contributed by atoms with van der Waals surface area (Å²) in [6.45, 7) is 3.36. The second-order valence-corrected chi connectivity index (χ2v) is 9.56. The molecule has 0 saturated carbocycles. The highest BCUT2D eigenvalue weighted by Crippen LogP contribution is 2.28. The summed E-state index contributed by atoms with van der Waals surface area (Å²) in [6, 6.07) is 12.4. The highest BCUT2D eigenvalue weighted by Gasteiger charge is 2.19. The Balaban J connectivity index is 2.09. The predicted molar refractivity (Wildman–Crippen MR) is 118 cm³/mol. The molecule has 0 atom stereocenters. The van der Waals surface area contributed by atoms with Crippen LogP contribution in [0.5, 0.6) is 5.75 Å². The van der Waals surface area contributed by atoms with Crippen molar-refractivity contribution in [3.8, 4) is 22.6 Å². The molecule has 8 nitrogen and oxygen atoms in total. The quantitative estimate of drug-likeness (QED) is 0.555. The topological polar surface area (TPSA) is 125 Å². The maximum absolute atomic E-state index is 13.2. The van der Waals surface area contributed by atoms with Crippen LogP contribution < -0.4 is 15.4 Å². The summed E-state index contributed by atoms with van der Waals surface area (Å²) in [6.07, 6.45) is 1.74. The van der Waals surface area contributed by atoms with E-state index in [1.54, 1.807) is 38.1 Å². The molecule has 1 heterocycles. The first-order chi connectivity index (χ1) is 14.5. The number of hydrogen-bond donors (Lipinski definition) is 2. The molecule has 31 heavy (non-hydrogen) atoms. The van der Waals surface area contributed by atoms with Crippen LogP contribution in [0.3, 0.4) is 0 Å². The Kier molecular flexibility index (Phi) is 6.51. The predicted octanol–water partition coefficient (Wildman–Crippen LogP) is 2.74. The van der Waals surface area contributed by atoms with Crippen molar-refractivity contribution in [2.24, 2.45) is 5.14 Å². The number of aromatic nitrogens is 2. The summed E-state index contributed by atoms with van der Waals surface area (Å²) in [4.78, 5) is 13.2. The number of primary sulfonamides is 1. The Morgan fingerprint density at radius 3 is 2.45 bits per heavy atom. The molecule has 2 aromatic carbocycles. The molecule has 0 radical (unpaired) electrons. The molecule has 0 aliphatic rings. The summed E-state index contributed by atoms with van der Waals surface area (Å²) in [7, 11) is -3.85. The van der Waals surface area contributed by atoms with Crippen molar-refractivity contribution < 1.29 is 18.3 Å². The van der Waals surface area contributed by atoms with E-state index >= 15 is 0 Å². The van der Waals surface area contributed by atoms with E-state index in [1.165, 1.54) is 30.5 Å². The van der Waals surface area contributed by atoms with Crippen molar-refractivity contribution in [3.05, 3.63) is 70.1 Å². The highest BCUT2D eigenvalue weighted by molar-refractivity contribution is 7.89. The van der Waals surface area contributed by atoms with Gasteiger partial charge in [-0.15, -0.1) is 0 Å². The van der Waals surface area contributed by atoms with Crippen LogP contribution in [-0.2, 0) is 10.0 Å². The molecule has 3 aromatic rings. The molecular weight excluding hydrogens is 442 g/mol. The Hall–Kier alpha value is -2.72. The lowest BCUT2D eigenvalue weighted by atomic mass is 10.1. The normalized spacial score (nSPS) is 12.0. The molecule has 164 valence electrons. The molecule has 0 aliphatic carbocycles. The largest absolute Gasteiger partial charge is 0.487 e. The number of ether oxygens (including phenoxy) is 1. The molecule has 0 unspecified atom stereocenters. The van der Waals surface area contributed by atoms with Crippen LogP contribution in [0.1, 0.15) is 20.3 Å².